The molecule has 2 aromatic rings. The molecule has 0 bridgehead atoms. The van der Waals surface area contributed by atoms with Crippen molar-refractivity contribution in [2.24, 2.45) is 0 Å². The topological polar surface area (TPSA) is 82.3 Å². The number of amides is 2. The van der Waals surface area contributed by atoms with Crippen LogP contribution in [0.3, 0.4) is 0 Å². The van der Waals surface area contributed by atoms with Crippen LogP contribution in [0, 0.1) is 6.92 Å². The average Bonchev–Trinajstić information content (AvgIpc) is 2.59. The first-order valence-electron chi connectivity index (χ1n) is 8.38. The minimum Gasteiger partial charge on any atom is -0.340 e. The Morgan fingerprint density at radius 1 is 1.24 bits per heavy atom. The van der Waals surface area contributed by atoms with Crippen molar-refractivity contribution >= 4 is 11.8 Å². The van der Waals surface area contributed by atoms with E-state index in [1.54, 1.807) is 17.9 Å². The molecule has 25 heavy (non-hydrogen) atoms. The summed E-state index contributed by atoms with van der Waals surface area (Å²) in [6.07, 6.45) is 2.90. The Hall–Kier alpha value is -2.89. The molecule has 1 aromatic carbocycles. The van der Waals surface area contributed by atoms with Gasteiger partial charge in [0.15, 0.2) is 0 Å². The summed E-state index contributed by atoms with van der Waals surface area (Å²) in [7, 11) is 0. The largest absolute Gasteiger partial charge is 0.340 e. The molecule has 0 saturated carbocycles. The molecule has 130 valence electrons. The number of benzene rings is 1. The molecule has 0 spiro atoms. The number of aryl methyl sites for hydroxylation is 1. The molecule has 6 heteroatoms. The van der Waals surface area contributed by atoms with Crippen molar-refractivity contribution in [1.82, 2.24) is 15.2 Å². The lowest BCUT2D eigenvalue weighted by molar-refractivity contribution is -0.136. The first-order chi connectivity index (χ1) is 12.1. The van der Waals surface area contributed by atoms with Crippen LogP contribution in [0.15, 0.2) is 47.4 Å². The molecule has 2 amide bonds. The Kier molecular flexibility index (Phi) is 4.97. The Balaban J connectivity index is 1.71. The fraction of sp³-hybridized carbons (Fsp3) is 0.316. The van der Waals surface area contributed by atoms with Gasteiger partial charge in [-0.25, -0.2) is 0 Å². The molecule has 6 nitrogen and oxygen atoms in total. The van der Waals surface area contributed by atoms with E-state index in [4.69, 9.17) is 0 Å². The van der Waals surface area contributed by atoms with Crippen LogP contribution in [0.4, 0.5) is 0 Å². The maximum Gasteiger partial charge on any atom is 0.261 e. The van der Waals surface area contributed by atoms with Gasteiger partial charge in [-0.15, -0.1) is 0 Å². The molecule has 3 rings (SSSR count). The minimum atomic E-state index is -0.594. The third-order valence-electron chi connectivity index (χ3n) is 4.45. The number of carbonyl (C=O) groups is 2. The quantitative estimate of drug-likeness (QED) is 0.888. The van der Waals surface area contributed by atoms with E-state index >= 15 is 0 Å². The second kappa shape index (κ2) is 7.34. The van der Waals surface area contributed by atoms with Crippen molar-refractivity contribution in [2.75, 3.05) is 6.54 Å². The number of carbonyl (C=O) groups excluding carboxylic acids is 2. The second-order valence-electron chi connectivity index (χ2n) is 6.28. The van der Waals surface area contributed by atoms with Crippen molar-refractivity contribution in [3.63, 3.8) is 0 Å². The van der Waals surface area contributed by atoms with Crippen molar-refractivity contribution < 1.29 is 9.59 Å². The predicted octanol–water partition coefficient (Wildman–Crippen LogP) is 1.60. The summed E-state index contributed by atoms with van der Waals surface area (Å²) in [5.41, 5.74) is 1.27. The zero-order valence-electron chi connectivity index (χ0n) is 14.1. The van der Waals surface area contributed by atoms with Crippen LogP contribution in [-0.4, -0.2) is 34.3 Å². The van der Waals surface area contributed by atoms with Gasteiger partial charge in [-0.1, -0.05) is 30.3 Å². The molecule has 1 fully saturated rings. The number of pyridine rings is 1. The molecule has 0 aliphatic carbocycles. The number of aromatic amines is 1. The summed E-state index contributed by atoms with van der Waals surface area (Å²) in [6.45, 7) is 2.90. The number of likely N-dealkylation sites (tertiary alicyclic amines) is 1. The van der Waals surface area contributed by atoms with Crippen LogP contribution in [0.2, 0.25) is 0 Å². The maximum absolute atomic E-state index is 12.7. The normalized spacial score (nSPS) is 17.4. The number of nitrogens with zero attached hydrogens (tertiary/aromatic N) is 1. The smallest absolute Gasteiger partial charge is 0.261 e. The summed E-state index contributed by atoms with van der Waals surface area (Å²) in [6, 6.07) is 10.8. The molecule has 1 aliphatic rings. The fourth-order valence-corrected chi connectivity index (χ4v) is 3.12. The van der Waals surface area contributed by atoms with E-state index in [1.807, 2.05) is 30.3 Å². The van der Waals surface area contributed by atoms with Gasteiger partial charge in [0.2, 0.25) is 5.91 Å². The average molecular weight is 339 g/mol. The van der Waals surface area contributed by atoms with Gasteiger partial charge < -0.3 is 15.2 Å². The van der Waals surface area contributed by atoms with E-state index in [9.17, 15) is 14.4 Å². The second-order valence-corrected chi connectivity index (χ2v) is 6.28. The number of hydrogen-bond donors (Lipinski definition) is 2. The van der Waals surface area contributed by atoms with E-state index in [0.29, 0.717) is 25.1 Å². The minimum absolute atomic E-state index is 0.0653. The lowest BCUT2D eigenvalue weighted by Crippen LogP contribution is -2.52. The molecule has 2 heterocycles. The number of aromatic nitrogens is 1. The summed E-state index contributed by atoms with van der Waals surface area (Å²) in [5, 5.41) is 2.73. The highest BCUT2D eigenvalue weighted by molar-refractivity contribution is 5.98. The van der Waals surface area contributed by atoms with E-state index in [1.165, 1.54) is 6.20 Å². The first-order valence-corrected chi connectivity index (χ1v) is 8.38. The zero-order chi connectivity index (χ0) is 17.8. The van der Waals surface area contributed by atoms with Gasteiger partial charge in [0.25, 0.3) is 11.5 Å². The van der Waals surface area contributed by atoms with E-state index in [-0.39, 0.29) is 11.5 Å². The summed E-state index contributed by atoms with van der Waals surface area (Å²) in [5.74, 6) is -0.604. The molecule has 1 unspecified atom stereocenters. The molecule has 2 N–H and O–H groups in total. The maximum atomic E-state index is 12.7. The lowest BCUT2D eigenvalue weighted by Gasteiger charge is -2.32. The summed E-state index contributed by atoms with van der Waals surface area (Å²) >= 11 is 0. The van der Waals surface area contributed by atoms with Crippen LogP contribution in [0.5, 0.6) is 0 Å². The monoisotopic (exact) mass is 339 g/mol. The third kappa shape index (κ3) is 3.79. The number of nitrogens with one attached hydrogen (secondary N) is 2. The number of piperidine rings is 1. The lowest BCUT2D eigenvalue weighted by atomic mass is 10.0. The van der Waals surface area contributed by atoms with Gasteiger partial charge in [0.05, 0.1) is 0 Å². The van der Waals surface area contributed by atoms with Gasteiger partial charge in [0.1, 0.15) is 11.6 Å². The molecule has 0 radical (unpaired) electrons. The molecule has 1 aliphatic heterocycles. The van der Waals surface area contributed by atoms with E-state index in [2.05, 4.69) is 10.3 Å². The number of H-pyrrole nitrogens is 1. The number of hydrogen-bond acceptors (Lipinski definition) is 3. The van der Waals surface area contributed by atoms with Crippen LogP contribution in [0.1, 0.15) is 34.3 Å². The molecule has 1 atom stereocenters. The van der Waals surface area contributed by atoms with E-state index in [0.717, 1.165) is 12.0 Å². The zero-order valence-corrected chi connectivity index (χ0v) is 14.1. The van der Waals surface area contributed by atoms with Gasteiger partial charge in [-0.2, -0.15) is 0 Å². The van der Waals surface area contributed by atoms with Crippen LogP contribution < -0.4 is 10.9 Å². The van der Waals surface area contributed by atoms with Crippen LogP contribution in [0.25, 0.3) is 0 Å². The Labute approximate surface area is 145 Å². The van der Waals surface area contributed by atoms with E-state index < -0.39 is 17.5 Å². The van der Waals surface area contributed by atoms with Crippen molar-refractivity contribution in [2.45, 2.75) is 32.4 Å². The molecule has 1 saturated heterocycles. The van der Waals surface area contributed by atoms with Gasteiger partial charge in [-0.05, 0) is 37.0 Å². The fourth-order valence-electron chi connectivity index (χ4n) is 3.12. The van der Waals surface area contributed by atoms with Crippen molar-refractivity contribution in [1.29, 1.82) is 0 Å². The SMILES string of the molecule is Cc1cc[nH]c(=O)c1C(=O)NC1CCCN(Cc2ccccc2)C1=O. The van der Waals surface area contributed by atoms with Crippen LogP contribution >= 0.6 is 0 Å². The molecule has 1 aromatic heterocycles. The van der Waals surface area contributed by atoms with Gasteiger partial charge in [-0.3, -0.25) is 14.4 Å². The molecular weight excluding hydrogens is 318 g/mol. The third-order valence-corrected chi connectivity index (χ3v) is 4.45. The highest BCUT2D eigenvalue weighted by atomic mass is 16.2. The van der Waals surface area contributed by atoms with Crippen LogP contribution in [-0.2, 0) is 11.3 Å². The van der Waals surface area contributed by atoms with Crippen molar-refractivity contribution in [3.8, 4) is 0 Å². The Morgan fingerprint density at radius 3 is 2.72 bits per heavy atom. The standard InChI is InChI=1S/C19H21N3O3/c1-13-9-10-20-17(23)16(13)18(24)21-15-8-5-11-22(19(15)25)12-14-6-3-2-4-7-14/h2-4,6-7,9-10,15H,5,8,11-12H2,1H3,(H,20,23)(H,21,24). The van der Waals surface area contributed by atoms with Gasteiger partial charge in [0, 0.05) is 19.3 Å². The summed E-state index contributed by atoms with van der Waals surface area (Å²) < 4.78 is 0. The Bertz CT molecular complexity index is 829. The highest BCUT2D eigenvalue weighted by Gasteiger charge is 2.30. The first kappa shape index (κ1) is 17.0. The summed E-state index contributed by atoms with van der Waals surface area (Å²) in [4.78, 5) is 41.3. The predicted molar refractivity (Wildman–Crippen MR) is 94.1 cm³/mol. The van der Waals surface area contributed by atoms with Gasteiger partial charge >= 0.3 is 0 Å². The van der Waals surface area contributed by atoms with Crippen molar-refractivity contribution in [3.05, 3.63) is 69.6 Å². The Morgan fingerprint density at radius 2 is 2.00 bits per heavy atom. The molecular formula is C19H21N3O3. The highest BCUT2D eigenvalue weighted by Crippen LogP contribution is 2.16. The number of rotatable bonds is 4.